The van der Waals surface area contributed by atoms with Gasteiger partial charge in [0.05, 0.1) is 5.56 Å². The van der Waals surface area contributed by atoms with Gasteiger partial charge in [0.25, 0.3) is 5.91 Å². The van der Waals surface area contributed by atoms with E-state index in [0.717, 1.165) is 41.7 Å². The number of carboxylic acids is 1. The van der Waals surface area contributed by atoms with Gasteiger partial charge in [-0.25, -0.2) is 4.79 Å². The molecule has 1 aliphatic carbocycles. The maximum Gasteiger partial charge on any atom is 0.320 e. The number of carbonyl (C=O) groups is 3. The Balaban J connectivity index is 1.87. The first-order valence-electron chi connectivity index (χ1n) is 11.8. The Kier molecular flexibility index (Phi) is 9.15. The van der Waals surface area contributed by atoms with Crippen LogP contribution in [-0.2, 0) is 11.2 Å². The van der Waals surface area contributed by atoms with E-state index in [9.17, 15) is 19.5 Å². The molecule has 1 fully saturated rings. The van der Waals surface area contributed by atoms with Gasteiger partial charge in [-0.2, -0.15) is 0 Å². The third-order valence-electron chi connectivity index (χ3n) is 6.38. The second-order valence-electron chi connectivity index (χ2n) is 9.42. The van der Waals surface area contributed by atoms with Crippen molar-refractivity contribution in [1.82, 2.24) is 4.90 Å². The third kappa shape index (κ3) is 6.96. The van der Waals surface area contributed by atoms with Crippen LogP contribution in [0.2, 0.25) is 5.02 Å². The second kappa shape index (κ2) is 11.9. The van der Waals surface area contributed by atoms with E-state index in [2.05, 4.69) is 10.2 Å². The molecule has 3 rings (SSSR count). The van der Waals surface area contributed by atoms with Gasteiger partial charge in [-0.05, 0) is 60.9 Å². The molecule has 1 saturated carbocycles. The number of carboxylic acid groups (broad SMARTS) is 1. The number of nitrogens with two attached hydrogens (primary N) is 2. The number of thiophene rings is 1. The molecule has 35 heavy (non-hydrogen) atoms. The molecule has 6 N–H and O–H groups in total. The van der Waals surface area contributed by atoms with Gasteiger partial charge in [-0.3, -0.25) is 19.8 Å². The molecular weight excluding hydrogens is 488 g/mol. The molecule has 190 valence electrons. The number of hydrogen-bond donors (Lipinski definition) is 4. The first-order valence-corrected chi connectivity index (χ1v) is 13.0. The molecule has 1 aliphatic rings. The summed E-state index contributed by atoms with van der Waals surface area (Å²) in [6, 6.07) is 6.15. The molecular formula is C25H33ClN4O4S. The van der Waals surface area contributed by atoms with Crippen molar-refractivity contribution in [2.24, 2.45) is 17.4 Å². The van der Waals surface area contributed by atoms with E-state index in [4.69, 9.17) is 23.1 Å². The maximum atomic E-state index is 12.2. The first kappa shape index (κ1) is 27.0. The van der Waals surface area contributed by atoms with Crippen LogP contribution in [0, 0.1) is 5.92 Å². The van der Waals surface area contributed by atoms with E-state index in [0.29, 0.717) is 29.4 Å². The lowest BCUT2D eigenvalue weighted by molar-refractivity contribution is -0.145. The molecule has 2 aromatic rings. The molecule has 10 heteroatoms. The number of primary amides is 2. The fourth-order valence-corrected chi connectivity index (χ4v) is 6.02. The standard InChI is InChI=1S/C25H33ClN4O4S/c1-14(2)11-20(24(32)33)30(17-5-3-4-6-17)10-9-15-12-16(7-8-19(15)26)21-13-18(22(27)31)23(35-21)29-25(28)34/h7-8,12-14,17,20H,3-6,9-11H2,1-2H3,(H2,27,31)(H,32,33)(H3,28,29,34)/t20-/m0/s1. The summed E-state index contributed by atoms with van der Waals surface area (Å²) in [5.41, 5.74) is 12.6. The number of rotatable bonds is 11. The van der Waals surface area contributed by atoms with Crippen LogP contribution in [0.25, 0.3) is 10.4 Å². The van der Waals surface area contributed by atoms with Gasteiger partial charge >= 0.3 is 12.0 Å². The lowest BCUT2D eigenvalue weighted by atomic mass is 9.99. The number of nitrogens with one attached hydrogen (secondary N) is 1. The van der Waals surface area contributed by atoms with Crippen LogP contribution in [0.1, 0.15) is 61.9 Å². The summed E-state index contributed by atoms with van der Waals surface area (Å²) >= 11 is 7.73. The Bertz CT molecular complexity index is 1080. The zero-order valence-electron chi connectivity index (χ0n) is 20.1. The van der Waals surface area contributed by atoms with Crippen LogP contribution in [0.4, 0.5) is 9.80 Å². The average molecular weight is 521 g/mol. The minimum absolute atomic E-state index is 0.186. The molecule has 0 bridgehead atoms. The fraction of sp³-hybridized carbons (Fsp3) is 0.480. The minimum atomic E-state index is -0.780. The maximum absolute atomic E-state index is 12.2. The van der Waals surface area contributed by atoms with E-state index in [1.54, 1.807) is 12.1 Å². The largest absolute Gasteiger partial charge is 0.480 e. The Morgan fingerprint density at radius 1 is 1.20 bits per heavy atom. The highest BCUT2D eigenvalue weighted by Crippen LogP contribution is 2.37. The van der Waals surface area contributed by atoms with Crippen molar-refractivity contribution in [3.63, 3.8) is 0 Å². The topological polar surface area (TPSA) is 139 Å². The van der Waals surface area contributed by atoms with Gasteiger partial charge < -0.3 is 16.6 Å². The molecule has 0 aliphatic heterocycles. The Morgan fingerprint density at radius 2 is 1.89 bits per heavy atom. The van der Waals surface area contributed by atoms with Crippen molar-refractivity contribution in [1.29, 1.82) is 0 Å². The van der Waals surface area contributed by atoms with Gasteiger partial charge in [-0.15, -0.1) is 11.3 Å². The van der Waals surface area contributed by atoms with E-state index < -0.39 is 23.9 Å². The highest BCUT2D eigenvalue weighted by Gasteiger charge is 2.33. The van der Waals surface area contributed by atoms with Gasteiger partial charge in [-0.1, -0.05) is 44.4 Å². The number of urea groups is 1. The lowest BCUT2D eigenvalue weighted by Crippen LogP contribution is -2.48. The zero-order valence-corrected chi connectivity index (χ0v) is 21.6. The number of anilines is 1. The van der Waals surface area contributed by atoms with Crippen LogP contribution in [0.15, 0.2) is 24.3 Å². The van der Waals surface area contributed by atoms with Crippen molar-refractivity contribution >= 4 is 45.8 Å². The SMILES string of the molecule is CC(C)C[C@@H](C(=O)O)N(CCc1cc(-c2cc(C(N)=O)c(NC(N)=O)s2)ccc1Cl)C1CCCC1. The zero-order chi connectivity index (χ0) is 25.7. The van der Waals surface area contributed by atoms with Gasteiger partial charge in [0.1, 0.15) is 11.0 Å². The molecule has 0 saturated heterocycles. The first-order chi connectivity index (χ1) is 16.6. The van der Waals surface area contributed by atoms with E-state index in [-0.39, 0.29) is 17.5 Å². The summed E-state index contributed by atoms with van der Waals surface area (Å²) in [6.07, 6.45) is 5.44. The molecule has 0 unspecified atom stereocenters. The van der Waals surface area contributed by atoms with E-state index in [1.807, 2.05) is 26.0 Å². The van der Waals surface area contributed by atoms with Crippen molar-refractivity contribution in [2.45, 2.75) is 64.5 Å². The molecule has 1 heterocycles. The smallest absolute Gasteiger partial charge is 0.320 e. The van der Waals surface area contributed by atoms with Crippen molar-refractivity contribution < 1.29 is 19.5 Å². The van der Waals surface area contributed by atoms with Crippen LogP contribution in [-0.4, -0.2) is 46.5 Å². The normalized spacial score (nSPS) is 15.0. The second-order valence-corrected chi connectivity index (χ2v) is 10.9. The summed E-state index contributed by atoms with van der Waals surface area (Å²) in [7, 11) is 0. The summed E-state index contributed by atoms with van der Waals surface area (Å²) in [6.45, 7) is 4.68. The summed E-state index contributed by atoms with van der Waals surface area (Å²) in [5, 5.41) is 13.3. The molecule has 0 radical (unpaired) electrons. The number of carbonyl (C=O) groups excluding carboxylic acids is 2. The molecule has 1 aromatic heterocycles. The Labute approximate surface area is 214 Å². The van der Waals surface area contributed by atoms with Crippen molar-refractivity contribution in [3.8, 4) is 10.4 Å². The van der Waals surface area contributed by atoms with Gasteiger partial charge in [0, 0.05) is 22.5 Å². The number of benzene rings is 1. The molecule has 1 atom stereocenters. The molecule has 8 nitrogen and oxygen atoms in total. The number of hydrogen-bond acceptors (Lipinski definition) is 5. The predicted molar refractivity (Wildman–Crippen MR) is 140 cm³/mol. The predicted octanol–water partition coefficient (Wildman–Crippen LogP) is 4.94. The Hall–Kier alpha value is -2.62. The van der Waals surface area contributed by atoms with E-state index in [1.165, 1.54) is 11.3 Å². The molecule has 0 spiro atoms. The molecule has 3 amide bonds. The number of amides is 3. The van der Waals surface area contributed by atoms with E-state index >= 15 is 0 Å². The minimum Gasteiger partial charge on any atom is -0.480 e. The summed E-state index contributed by atoms with van der Waals surface area (Å²) in [4.78, 5) is 38.2. The fourth-order valence-electron chi connectivity index (χ4n) is 4.74. The average Bonchev–Trinajstić information content (AvgIpc) is 3.44. The van der Waals surface area contributed by atoms with Crippen LogP contribution < -0.4 is 16.8 Å². The quantitative estimate of drug-likeness (QED) is 0.332. The summed E-state index contributed by atoms with van der Waals surface area (Å²) in [5.74, 6) is -1.17. The van der Waals surface area contributed by atoms with Crippen molar-refractivity contribution in [2.75, 3.05) is 11.9 Å². The number of halogens is 1. The van der Waals surface area contributed by atoms with Crippen LogP contribution in [0.3, 0.4) is 0 Å². The summed E-state index contributed by atoms with van der Waals surface area (Å²) < 4.78 is 0. The lowest BCUT2D eigenvalue weighted by Gasteiger charge is -2.35. The van der Waals surface area contributed by atoms with Gasteiger partial charge in [0.15, 0.2) is 0 Å². The highest BCUT2D eigenvalue weighted by atomic mass is 35.5. The van der Waals surface area contributed by atoms with Gasteiger partial charge in [0.2, 0.25) is 0 Å². The third-order valence-corrected chi connectivity index (χ3v) is 7.85. The Morgan fingerprint density at radius 3 is 2.46 bits per heavy atom. The van der Waals surface area contributed by atoms with Crippen molar-refractivity contribution in [3.05, 3.63) is 40.4 Å². The highest BCUT2D eigenvalue weighted by molar-refractivity contribution is 7.20. The monoisotopic (exact) mass is 520 g/mol. The molecule has 1 aromatic carbocycles. The van der Waals surface area contributed by atoms with Crippen LogP contribution >= 0.6 is 22.9 Å². The number of aliphatic carboxylic acids is 1. The van der Waals surface area contributed by atoms with Crippen LogP contribution in [0.5, 0.6) is 0 Å². The number of nitrogens with zero attached hydrogens (tertiary/aromatic N) is 1.